The number of benzene rings is 2. The van der Waals surface area contributed by atoms with Gasteiger partial charge in [0.15, 0.2) is 0 Å². The van der Waals surface area contributed by atoms with Gasteiger partial charge in [-0.25, -0.2) is 4.79 Å². The molecule has 1 heterocycles. The number of carbonyl (C=O) groups excluding carboxylic acids is 2. The largest absolute Gasteiger partial charge is 0.496 e. The molecule has 0 unspecified atom stereocenters. The number of urea groups is 1. The fourth-order valence-corrected chi connectivity index (χ4v) is 2.66. The van der Waals surface area contributed by atoms with Gasteiger partial charge in [-0.3, -0.25) is 4.79 Å². The number of nitrogens with one attached hydrogen (secondary N) is 2. The van der Waals surface area contributed by atoms with Crippen molar-refractivity contribution in [2.75, 3.05) is 19.5 Å². The summed E-state index contributed by atoms with van der Waals surface area (Å²) >= 11 is 0. The molecule has 3 rings (SSSR count). The van der Waals surface area contributed by atoms with Crippen LogP contribution in [0.1, 0.15) is 21.5 Å². The molecule has 0 spiro atoms. The molecule has 0 aromatic heterocycles. The van der Waals surface area contributed by atoms with Gasteiger partial charge in [0.25, 0.3) is 5.91 Å². The highest BCUT2D eigenvalue weighted by Gasteiger charge is 2.19. The van der Waals surface area contributed by atoms with E-state index in [4.69, 9.17) is 4.74 Å². The number of carbonyl (C=O) groups is 2. The van der Waals surface area contributed by atoms with Gasteiger partial charge in [0.05, 0.1) is 12.7 Å². The van der Waals surface area contributed by atoms with E-state index in [9.17, 15) is 9.59 Å². The molecule has 2 aromatic rings. The van der Waals surface area contributed by atoms with Crippen molar-refractivity contribution in [1.29, 1.82) is 0 Å². The maximum absolute atomic E-state index is 12.3. The van der Waals surface area contributed by atoms with Gasteiger partial charge in [0.2, 0.25) is 0 Å². The van der Waals surface area contributed by atoms with Gasteiger partial charge in [-0.15, -0.1) is 0 Å². The van der Waals surface area contributed by atoms with E-state index in [0.717, 1.165) is 16.8 Å². The summed E-state index contributed by atoms with van der Waals surface area (Å²) in [5, 5.41) is 5.72. The number of rotatable bonds is 4. The highest BCUT2D eigenvalue weighted by atomic mass is 16.5. The number of hydrogen-bond donors (Lipinski definition) is 2. The van der Waals surface area contributed by atoms with Crippen LogP contribution in [0.4, 0.5) is 10.5 Å². The summed E-state index contributed by atoms with van der Waals surface area (Å²) in [6.45, 7) is 0.956. The van der Waals surface area contributed by atoms with Gasteiger partial charge in [-0.2, -0.15) is 0 Å². The summed E-state index contributed by atoms with van der Waals surface area (Å²) in [5.41, 5.74) is 3.32. The molecule has 1 aliphatic heterocycles. The van der Waals surface area contributed by atoms with Gasteiger partial charge >= 0.3 is 6.03 Å². The second-order valence-corrected chi connectivity index (χ2v) is 5.66. The van der Waals surface area contributed by atoms with Crippen molar-refractivity contribution in [1.82, 2.24) is 10.2 Å². The van der Waals surface area contributed by atoms with Gasteiger partial charge in [0.1, 0.15) is 5.75 Å². The second-order valence-electron chi connectivity index (χ2n) is 5.66. The van der Waals surface area contributed by atoms with Crippen LogP contribution in [0.3, 0.4) is 0 Å². The zero-order valence-corrected chi connectivity index (χ0v) is 13.6. The predicted molar refractivity (Wildman–Crippen MR) is 91.1 cm³/mol. The Bertz CT molecular complexity index is 789. The highest BCUT2D eigenvalue weighted by Crippen LogP contribution is 2.24. The average molecular weight is 325 g/mol. The SMILES string of the molecule is COc1ccccc1C(=O)NCc1ccc2c(c1)CN(C)C(=O)N2. The lowest BCUT2D eigenvalue weighted by Crippen LogP contribution is -2.35. The lowest BCUT2D eigenvalue weighted by atomic mass is 10.1. The van der Waals surface area contributed by atoms with Gasteiger partial charge < -0.3 is 20.3 Å². The Balaban J connectivity index is 1.70. The van der Waals surface area contributed by atoms with Crippen LogP contribution in [-0.4, -0.2) is 31.0 Å². The summed E-state index contributed by atoms with van der Waals surface area (Å²) in [6.07, 6.45) is 0. The van der Waals surface area contributed by atoms with Crippen LogP contribution in [-0.2, 0) is 13.1 Å². The maximum Gasteiger partial charge on any atom is 0.321 e. The molecule has 124 valence electrons. The number of amides is 3. The summed E-state index contributed by atoms with van der Waals surface area (Å²) in [5.74, 6) is 0.361. The molecule has 0 aliphatic carbocycles. The van der Waals surface area contributed by atoms with Crippen molar-refractivity contribution in [2.45, 2.75) is 13.1 Å². The van der Waals surface area contributed by atoms with E-state index in [1.165, 1.54) is 0 Å². The van der Waals surface area contributed by atoms with Crippen LogP contribution in [0.25, 0.3) is 0 Å². The minimum atomic E-state index is -0.185. The van der Waals surface area contributed by atoms with Crippen LogP contribution in [0.2, 0.25) is 0 Å². The van der Waals surface area contributed by atoms with Gasteiger partial charge in [-0.05, 0) is 29.3 Å². The second kappa shape index (κ2) is 6.62. The normalized spacial score (nSPS) is 13.1. The summed E-state index contributed by atoms with van der Waals surface area (Å²) in [7, 11) is 3.29. The van der Waals surface area contributed by atoms with E-state index in [1.54, 1.807) is 37.3 Å². The molecule has 0 radical (unpaired) electrons. The molecular weight excluding hydrogens is 306 g/mol. The first-order valence-corrected chi connectivity index (χ1v) is 7.63. The molecule has 0 saturated heterocycles. The Labute approximate surface area is 140 Å². The monoisotopic (exact) mass is 325 g/mol. The van der Waals surface area contributed by atoms with Crippen LogP contribution < -0.4 is 15.4 Å². The Morgan fingerprint density at radius 1 is 1.29 bits per heavy atom. The van der Waals surface area contributed by atoms with Crippen molar-refractivity contribution >= 4 is 17.6 Å². The molecule has 3 amide bonds. The Kier molecular flexibility index (Phi) is 4.37. The minimum absolute atomic E-state index is 0.111. The van der Waals surface area contributed by atoms with Crippen molar-refractivity contribution in [3.05, 3.63) is 59.2 Å². The molecule has 1 aliphatic rings. The fourth-order valence-electron chi connectivity index (χ4n) is 2.66. The van der Waals surface area contributed by atoms with Gasteiger partial charge in [-0.1, -0.05) is 24.3 Å². The summed E-state index contributed by atoms with van der Waals surface area (Å²) in [6, 6.07) is 12.8. The number of ether oxygens (including phenoxy) is 1. The molecule has 24 heavy (non-hydrogen) atoms. The zero-order chi connectivity index (χ0) is 17.1. The van der Waals surface area contributed by atoms with Gasteiger partial charge in [0, 0.05) is 25.8 Å². The molecule has 2 N–H and O–H groups in total. The molecule has 2 aromatic carbocycles. The third-order valence-electron chi connectivity index (χ3n) is 3.97. The molecule has 0 atom stereocenters. The van der Waals surface area contributed by atoms with E-state index >= 15 is 0 Å². The van der Waals surface area contributed by atoms with Crippen LogP contribution in [0.15, 0.2) is 42.5 Å². The van der Waals surface area contributed by atoms with Crippen molar-refractivity contribution in [2.24, 2.45) is 0 Å². The summed E-state index contributed by atoms with van der Waals surface area (Å²) in [4.78, 5) is 25.6. The Morgan fingerprint density at radius 3 is 2.88 bits per heavy atom. The number of nitrogens with zero attached hydrogens (tertiary/aromatic N) is 1. The van der Waals surface area contributed by atoms with Crippen LogP contribution >= 0.6 is 0 Å². The lowest BCUT2D eigenvalue weighted by molar-refractivity contribution is 0.0948. The third kappa shape index (κ3) is 3.17. The van der Waals surface area contributed by atoms with E-state index in [1.807, 2.05) is 24.3 Å². The van der Waals surface area contributed by atoms with Crippen LogP contribution in [0, 0.1) is 0 Å². The first kappa shape index (κ1) is 15.9. The predicted octanol–water partition coefficient (Wildman–Crippen LogP) is 2.60. The van der Waals surface area contributed by atoms with Crippen molar-refractivity contribution < 1.29 is 14.3 Å². The molecule has 0 fully saturated rings. The third-order valence-corrected chi connectivity index (χ3v) is 3.97. The smallest absolute Gasteiger partial charge is 0.321 e. The Morgan fingerprint density at radius 2 is 2.08 bits per heavy atom. The minimum Gasteiger partial charge on any atom is -0.496 e. The fraction of sp³-hybridized carbons (Fsp3) is 0.222. The van der Waals surface area contributed by atoms with E-state index in [2.05, 4.69) is 10.6 Å². The quantitative estimate of drug-likeness (QED) is 0.908. The summed E-state index contributed by atoms with van der Waals surface area (Å²) < 4.78 is 5.21. The first-order chi connectivity index (χ1) is 11.6. The number of fused-ring (bicyclic) bond motifs is 1. The van der Waals surface area contributed by atoms with E-state index in [0.29, 0.717) is 24.4 Å². The maximum atomic E-state index is 12.3. The van der Waals surface area contributed by atoms with Crippen molar-refractivity contribution in [3.8, 4) is 5.75 Å². The lowest BCUT2D eigenvalue weighted by Gasteiger charge is -2.26. The Hall–Kier alpha value is -3.02. The van der Waals surface area contributed by atoms with Crippen molar-refractivity contribution in [3.63, 3.8) is 0 Å². The average Bonchev–Trinajstić information content (AvgIpc) is 2.60. The number of hydrogen-bond acceptors (Lipinski definition) is 3. The molecular formula is C18H19N3O3. The van der Waals surface area contributed by atoms with E-state index in [-0.39, 0.29) is 11.9 Å². The molecule has 0 bridgehead atoms. The first-order valence-electron chi connectivity index (χ1n) is 7.63. The topological polar surface area (TPSA) is 70.7 Å². The molecule has 0 saturated carbocycles. The number of para-hydroxylation sites is 1. The zero-order valence-electron chi connectivity index (χ0n) is 13.6. The number of methoxy groups -OCH3 is 1. The number of anilines is 1. The molecule has 6 heteroatoms. The van der Waals surface area contributed by atoms with Crippen LogP contribution in [0.5, 0.6) is 5.75 Å². The molecule has 6 nitrogen and oxygen atoms in total. The standard InChI is InChI=1S/C18H19N3O3/c1-21-11-13-9-12(7-8-15(13)20-18(21)23)10-19-17(22)14-5-3-4-6-16(14)24-2/h3-9H,10-11H2,1-2H3,(H,19,22)(H,20,23). The highest BCUT2D eigenvalue weighted by molar-refractivity contribution is 5.97. The van der Waals surface area contributed by atoms with E-state index < -0.39 is 0 Å².